The SMILES string of the molecule is COC(=O)CC(c1ccc(OC)cc1)c1ccc2cc[nH]c2c1. The molecule has 0 saturated carbocycles. The monoisotopic (exact) mass is 309 g/mol. The Morgan fingerprint density at radius 1 is 1.04 bits per heavy atom. The Hall–Kier alpha value is -2.75. The first-order chi connectivity index (χ1) is 11.2. The quantitative estimate of drug-likeness (QED) is 0.728. The molecule has 1 heterocycles. The molecule has 0 aliphatic carbocycles. The summed E-state index contributed by atoms with van der Waals surface area (Å²) in [5, 5.41) is 1.15. The molecule has 0 aliphatic rings. The van der Waals surface area contributed by atoms with Crippen LogP contribution in [0.4, 0.5) is 0 Å². The zero-order valence-corrected chi connectivity index (χ0v) is 13.2. The minimum Gasteiger partial charge on any atom is -0.497 e. The number of aromatic nitrogens is 1. The van der Waals surface area contributed by atoms with Gasteiger partial charge in [0.05, 0.1) is 20.6 Å². The number of rotatable bonds is 5. The first-order valence-corrected chi connectivity index (χ1v) is 7.49. The summed E-state index contributed by atoms with van der Waals surface area (Å²) in [5.74, 6) is 0.517. The van der Waals surface area contributed by atoms with Crippen molar-refractivity contribution in [1.29, 1.82) is 0 Å². The molecule has 23 heavy (non-hydrogen) atoms. The number of nitrogens with one attached hydrogen (secondary N) is 1. The fourth-order valence-corrected chi connectivity index (χ4v) is 2.80. The van der Waals surface area contributed by atoms with Gasteiger partial charge < -0.3 is 14.5 Å². The molecule has 0 radical (unpaired) electrons. The van der Waals surface area contributed by atoms with Gasteiger partial charge in [-0.1, -0.05) is 24.3 Å². The third kappa shape index (κ3) is 3.21. The Labute approximate surface area is 135 Å². The number of esters is 1. The highest BCUT2D eigenvalue weighted by molar-refractivity contribution is 5.80. The summed E-state index contributed by atoms with van der Waals surface area (Å²) in [5.41, 5.74) is 3.20. The maximum absolute atomic E-state index is 11.9. The van der Waals surface area contributed by atoms with Gasteiger partial charge in [-0.25, -0.2) is 0 Å². The first-order valence-electron chi connectivity index (χ1n) is 7.49. The van der Waals surface area contributed by atoms with Crippen LogP contribution in [0.1, 0.15) is 23.5 Å². The van der Waals surface area contributed by atoms with Crippen LogP contribution in [0.5, 0.6) is 5.75 Å². The summed E-state index contributed by atoms with van der Waals surface area (Å²) in [6.45, 7) is 0. The molecule has 3 aromatic rings. The third-order valence-corrected chi connectivity index (χ3v) is 4.10. The molecule has 3 rings (SSSR count). The number of carbonyl (C=O) groups is 1. The number of fused-ring (bicyclic) bond motifs is 1. The highest BCUT2D eigenvalue weighted by atomic mass is 16.5. The highest BCUT2D eigenvalue weighted by Gasteiger charge is 2.19. The number of hydrogen-bond donors (Lipinski definition) is 1. The minimum atomic E-state index is -0.225. The van der Waals surface area contributed by atoms with E-state index in [0.29, 0.717) is 6.42 Å². The van der Waals surface area contributed by atoms with Gasteiger partial charge in [0, 0.05) is 17.6 Å². The van der Waals surface area contributed by atoms with E-state index >= 15 is 0 Å². The molecule has 0 spiro atoms. The van der Waals surface area contributed by atoms with Crippen molar-refractivity contribution in [2.24, 2.45) is 0 Å². The molecule has 0 fully saturated rings. The van der Waals surface area contributed by atoms with Gasteiger partial charge in [0.1, 0.15) is 5.75 Å². The Morgan fingerprint density at radius 3 is 2.48 bits per heavy atom. The van der Waals surface area contributed by atoms with E-state index in [-0.39, 0.29) is 11.9 Å². The predicted molar refractivity (Wildman–Crippen MR) is 89.8 cm³/mol. The van der Waals surface area contributed by atoms with Crippen molar-refractivity contribution in [1.82, 2.24) is 4.98 Å². The van der Waals surface area contributed by atoms with Crippen LogP contribution in [-0.4, -0.2) is 25.2 Å². The zero-order valence-electron chi connectivity index (χ0n) is 13.2. The average molecular weight is 309 g/mol. The van der Waals surface area contributed by atoms with Gasteiger partial charge in [-0.3, -0.25) is 4.79 Å². The van der Waals surface area contributed by atoms with Crippen molar-refractivity contribution in [2.75, 3.05) is 14.2 Å². The van der Waals surface area contributed by atoms with Crippen molar-refractivity contribution >= 4 is 16.9 Å². The molecule has 1 N–H and O–H groups in total. The van der Waals surface area contributed by atoms with Gasteiger partial charge >= 0.3 is 5.97 Å². The van der Waals surface area contributed by atoms with Crippen molar-refractivity contribution in [3.8, 4) is 5.75 Å². The summed E-state index contributed by atoms with van der Waals surface area (Å²) in [6.07, 6.45) is 2.21. The van der Waals surface area contributed by atoms with Crippen molar-refractivity contribution in [3.05, 3.63) is 65.9 Å². The van der Waals surface area contributed by atoms with E-state index in [1.54, 1.807) is 7.11 Å². The van der Waals surface area contributed by atoms with E-state index < -0.39 is 0 Å². The van der Waals surface area contributed by atoms with E-state index in [0.717, 1.165) is 27.8 Å². The Bertz CT molecular complexity index is 805. The van der Waals surface area contributed by atoms with E-state index in [4.69, 9.17) is 9.47 Å². The van der Waals surface area contributed by atoms with Crippen LogP contribution in [-0.2, 0) is 9.53 Å². The molecule has 1 atom stereocenters. The van der Waals surface area contributed by atoms with Crippen LogP contribution in [0.15, 0.2) is 54.7 Å². The van der Waals surface area contributed by atoms with Crippen LogP contribution < -0.4 is 4.74 Å². The van der Waals surface area contributed by atoms with Crippen molar-refractivity contribution in [2.45, 2.75) is 12.3 Å². The van der Waals surface area contributed by atoms with Crippen LogP contribution in [0, 0.1) is 0 Å². The molecule has 0 saturated heterocycles. The number of benzene rings is 2. The standard InChI is InChI=1S/C19H19NO3/c1-22-16-7-5-13(6-8-16)17(12-19(21)23-2)15-4-3-14-9-10-20-18(14)11-15/h3-11,17,20H,12H2,1-2H3. The second-order valence-corrected chi connectivity index (χ2v) is 5.43. The number of carbonyl (C=O) groups excluding carboxylic acids is 1. The fourth-order valence-electron chi connectivity index (χ4n) is 2.80. The molecule has 4 heteroatoms. The van der Waals surface area contributed by atoms with Crippen LogP contribution in [0.3, 0.4) is 0 Å². The van der Waals surface area contributed by atoms with E-state index in [9.17, 15) is 4.79 Å². The van der Waals surface area contributed by atoms with Gasteiger partial charge in [0.25, 0.3) is 0 Å². The zero-order chi connectivity index (χ0) is 16.2. The molecule has 1 unspecified atom stereocenters. The lowest BCUT2D eigenvalue weighted by atomic mass is 9.88. The van der Waals surface area contributed by atoms with Gasteiger partial charge in [0.15, 0.2) is 0 Å². The van der Waals surface area contributed by atoms with Crippen LogP contribution >= 0.6 is 0 Å². The molecule has 0 bridgehead atoms. The van der Waals surface area contributed by atoms with E-state index in [2.05, 4.69) is 23.2 Å². The maximum atomic E-state index is 11.9. The molecule has 4 nitrogen and oxygen atoms in total. The molecule has 2 aromatic carbocycles. The van der Waals surface area contributed by atoms with Gasteiger partial charge in [0.2, 0.25) is 0 Å². The summed E-state index contributed by atoms with van der Waals surface area (Å²) in [4.78, 5) is 15.1. The van der Waals surface area contributed by atoms with E-state index in [1.165, 1.54) is 7.11 Å². The highest BCUT2D eigenvalue weighted by Crippen LogP contribution is 2.31. The smallest absolute Gasteiger partial charge is 0.306 e. The normalized spacial score (nSPS) is 12.1. The molecule has 0 aliphatic heterocycles. The predicted octanol–water partition coefficient (Wildman–Crippen LogP) is 3.87. The van der Waals surface area contributed by atoms with E-state index in [1.807, 2.05) is 36.5 Å². The largest absolute Gasteiger partial charge is 0.497 e. The second-order valence-electron chi connectivity index (χ2n) is 5.43. The molecular weight excluding hydrogens is 290 g/mol. The van der Waals surface area contributed by atoms with Crippen molar-refractivity contribution < 1.29 is 14.3 Å². The summed E-state index contributed by atoms with van der Waals surface area (Å²) < 4.78 is 10.1. The molecule has 118 valence electrons. The van der Waals surface area contributed by atoms with Crippen LogP contribution in [0.2, 0.25) is 0 Å². The lowest BCUT2D eigenvalue weighted by Gasteiger charge is -2.17. The fraction of sp³-hybridized carbons (Fsp3) is 0.211. The van der Waals surface area contributed by atoms with Crippen molar-refractivity contribution in [3.63, 3.8) is 0 Å². The number of methoxy groups -OCH3 is 2. The lowest BCUT2D eigenvalue weighted by Crippen LogP contribution is -2.10. The van der Waals surface area contributed by atoms with Gasteiger partial charge in [-0.15, -0.1) is 0 Å². The maximum Gasteiger partial charge on any atom is 0.306 e. The molecule has 0 amide bonds. The average Bonchev–Trinajstić information content (AvgIpc) is 3.07. The Morgan fingerprint density at radius 2 is 1.78 bits per heavy atom. The second kappa shape index (κ2) is 6.57. The number of hydrogen-bond acceptors (Lipinski definition) is 3. The number of aromatic amines is 1. The van der Waals surface area contributed by atoms with Gasteiger partial charge in [-0.05, 0) is 40.8 Å². The Balaban J connectivity index is 2.00. The van der Waals surface area contributed by atoms with Gasteiger partial charge in [-0.2, -0.15) is 0 Å². The van der Waals surface area contributed by atoms with Crippen LogP contribution in [0.25, 0.3) is 10.9 Å². The first kappa shape index (κ1) is 15.2. The summed E-state index contributed by atoms with van der Waals surface area (Å²) in [6, 6.07) is 16.0. The Kier molecular flexibility index (Phi) is 4.33. The number of H-pyrrole nitrogens is 1. The topological polar surface area (TPSA) is 51.3 Å². The third-order valence-electron chi connectivity index (χ3n) is 4.10. The minimum absolute atomic E-state index is 0.0546. The lowest BCUT2D eigenvalue weighted by molar-refractivity contribution is -0.140. The number of ether oxygens (including phenoxy) is 2. The summed E-state index contributed by atoms with van der Waals surface area (Å²) >= 11 is 0. The molecule has 1 aromatic heterocycles. The molecular formula is C19H19NO3. The summed E-state index contributed by atoms with van der Waals surface area (Å²) in [7, 11) is 3.06.